The number of carbonyl (C=O) groups excluding carboxylic acids is 1. The molecule has 1 aliphatic rings. The molecule has 0 amide bonds. The molecule has 0 bridgehead atoms. The maximum Gasteiger partial charge on any atom is 0.165 e. The van der Waals surface area contributed by atoms with Crippen LogP contribution in [0, 0.1) is 0 Å². The standard InChI is InChI=1S/C12H15NO3/c1-9(14)12-10(3-2-4-11(12)15)13-5-7-16-8-6-13/h2-4,15H,5-8H2,1H3. The SMILES string of the molecule is CC(=O)c1c(O)cccc1N1CCOCC1. The Balaban J connectivity index is 2.38. The number of morpholine rings is 1. The number of phenolic OH excluding ortho intramolecular Hbond substituents is 1. The lowest BCUT2D eigenvalue weighted by atomic mass is 10.1. The van der Waals surface area contributed by atoms with Crippen LogP contribution in [0.2, 0.25) is 0 Å². The van der Waals surface area contributed by atoms with Crippen molar-refractivity contribution in [2.24, 2.45) is 0 Å². The second-order valence-electron chi connectivity index (χ2n) is 3.83. The number of ether oxygens (including phenoxy) is 1. The van der Waals surface area contributed by atoms with Gasteiger partial charge in [0.25, 0.3) is 0 Å². The van der Waals surface area contributed by atoms with E-state index in [4.69, 9.17) is 4.74 Å². The molecule has 0 radical (unpaired) electrons. The van der Waals surface area contributed by atoms with Crippen LogP contribution in [0.15, 0.2) is 18.2 Å². The highest BCUT2D eigenvalue weighted by Gasteiger charge is 2.19. The van der Waals surface area contributed by atoms with Gasteiger partial charge in [-0.05, 0) is 19.1 Å². The minimum Gasteiger partial charge on any atom is -0.507 e. The second-order valence-corrected chi connectivity index (χ2v) is 3.83. The van der Waals surface area contributed by atoms with Crippen LogP contribution < -0.4 is 4.90 Å². The van der Waals surface area contributed by atoms with Gasteiger partial charge in [-0.2, -0.15) is 0 Å². The highest BCUT2D eigenvalue weighted by atomic mass is 16.5. The number of carbonyl (C=O) groups is 1. The molecule has 0 spiro atoms. The first-order valence-electron chi connectivity index (χ1n) is 5.36. The summed E-state index contributed by atoms with van der Waals surface area (Å²) in [5, 5.41) is 9.71. The number of benzene rings is 1. The Bertz CT molecular complexity index is 397. The first-order chi connectivity index (χ1) is 7.70. The lowest BCUT2D eigenvalue weighted by molar-refractivity contribution is 0.101. The van der Waals surface area contributed by atoms with Crippen molar-refractivity contribution >= 4 is 11.5 Å². The van der Waals surface area contributed by atoms with E-state index >= 15 is 0 Å². The summed E-state index contributed by atoms with van der Waals surface area (Å²) in [5.41, 5.74) is 1.21. The van der Waals surface area contributed by atoms with Gasteiger partial charge in [0.2, 0.25) is 0 Å². The molecule has 1 aromatic rings. The van der Waals surface area contributed by atoms with Crippen molar-refractivity contribution in [1.29, 1.82) is 0 Å². The first-order valence-corrected chi connectivity index (χ1v) is 5.36. The third-order valence-corrected chi connectivity index (χ3v) is 2.72. The molecule has 1 fully saturated rings. The summed E-state index contributed by atoms with van der Waals surface area (Å²) in [5.74, 6) is -0.0592. The van der Waals surface area contributed by atoms with E-state index in [0.717, 1.165) is 18.8 Å². The van der Waals surface area contributed by atoms with Gasteiger partial charge < -0.3 is 14.7 Å². The normalized spacial score (nSPS) is 16.2. The minimum atomic E-state index is -0.111. The molecule has 16 heavy (non-hydrogen) atoms. The predicted octanol–water partition coefficient (Wildman–Crippen LogP) is 1.43. The van der Waals surface area contributed by atoms with Crippen LogP contribution in [0.25, 0.3) is 0 Å². The van der Waals surface area contributed by atoms with Gasteiger partial charge in [-0.3, -0.25) is 4.79 Å². The molecule has 1 aromatic carbocycles. The van der Waals surface area contributed by atoms with Gasteiger partial charge >= 0.3 is 0 Å². The zero-order chi connectivity index (χ0) is 11.5. The zero-order valence-corrected chi connectivity index (χ0v) is 9.27. The average Bonchev–Trinajstić information content (AvgIpc) is 2.29. The molecule has 1 heterocycles. The summed E-state index contributed by atoms with van der Waals surface area (Å²) in [6.07, 6.45) is 0. The van der Waals surface area contributed by atoms with E-state index < -0.39 is 0 Å². The molecule has 0 unspecified atom stereocenters. The fourth-order valence-electron chi connectivity index (χ4n) is 1.96. The average molecular weight is 221 g/mol. The van der Waals surface area contributed by atoms with Crippen LogP contribution in [0.3, 0.4) is 0 Å². The monoisotopic (exact) mass is 221 g/mol. The van der Waals surface area contributed by atoms with Crippen molar-refractivity contribution in [3.8, 4) is 5.75 Å². The lowest BCUT2D eigenvalue weighted by Crippen LogP contribution is -2.37. The van der Waals surface area contributed by atoms with Crippen molar-refractivity contribution in [1.82, 2.24) is 0 Å². The van der Waals surface area contributed by atoms with Gasteiger partial charge in [-0.15, -0.1) is 0 Å². The summed E-state index contributed by atoms with van der Waals surface area (Å²) in [7, 11) is 0. The number of aromatic hydroxyl groups is 1. The van der Waals surface area contributed by atoms with Crippen molar-refractivity contribution in [3.05, 3.63) is 23.8 Å². The maximum atomic E-state index is 11.5. The van der Waals surface area contributed by atoms with E-state index in [2.05, 4.69) is 4.90 Å². The maximum absolute atomic E-state index is 11.5. The number of hydrogen-bond donors (Lipinski definition) is 1. The predicted molar refractivity (Wildman–Crippen MR) is 61.1 cm³/mol. The Labute approximate surface area is 94.4 Å². The summed E-state index contributed by atoms with van der Waals surface area (Å²) >= 11 is 0. The molecule has 0 saturated carbocycles. The zero-order valence-electron chi connectivity index (χ0n) is 9.27. The van der Waals surface area contributed by atoms with Crippen LogP contribution in [0.1, 0.15) is 17.3 Å². The van der Waals surface area contributed by atoms with Crippen LogP contribution in [-0.2, 0) is 4.74 Å². The van der Waals surface area contributed by atoms with E-state index in [1.165, 1.54) is 6.92 Å². The van der Waals surface area contributed by atoms with Gasteiger partial charge in [0, 0.05) is 13.1 Å². The largest absolute Gasteiger partial charge is 0.507 e. The van der Waals surface area contributed by atoms with Crippen LogP contribution >= 0.6 is 0 Å². The molecule has 86 valence electrons. The van der Waals surface area contributed by atoms with Crippen LogP contribution in [0.4, 0.5) is 5.69 Å². The topological polar surface area (TPSA) is 49.8 Å². The van der Waals surface area contributed by atoms with E-state index in [1.54, 1.807) is 12.1 Å². The Morgan fingerprint density at radius 3 is 2.69 bits per heavy atom. The third-order valence-electron chi connectivity index (χ3n) is 2.72. The Kier molecular flexibility index (Phi) is 3.10. The van der Waals surface area contributed by atoms with Crippen LogP contribution in [-0.4, -0.2) is 37.2 Å². The number of ketones is 1. The van der Waals surface area contributed by atoms with E-state index in [-0.39, 0.29) is 11.5 Å². The molecule has 1 aliphatic heterocycles. The highest BCUT2D eigenvalue weighted by molar-refractivity contribution is 6.02. The number of nitrogens with zero attached hydrogens (tertiary/aromatic N) is 1. The third kappa shape index (κ3) is 2.02. The summed E-state index contributed by atoms with van der Waals surface area (Å²) in [6, 6.07) is 5.16. The molecule has 2 rings (SSSR count). The smallest absolute Gasteiger partial charge is 0.165 e. The molecule has 0 aliphatic carbocycles. The Morgan fingerprint density at radius 1 is 1.38 bits per heavy atom. The molecule has 4 heteroatoms. The fourth-order valence-corrected chi connectivity index (χ4v) is 1.96. The molecule has 0 atom stereocenters. The second kappa shape index (κ2) is 4.53. The van der Waals surface area contributed by atoms with Gasteiger partial charge in [-0.1, -0.05) is 6.07 Å². The van der Waals surface area contributed by atoms with Gasteiger partial charge in [0.05, 0.1) is 24.5 Å². The summed E-state index contributed by atoms with van der Waals surface area (Å²) in [4.78, 5) is 13.6. The molecule has 0 aromatic heterocycles. The van der Waals surface area contributed by atoms with Gasteiger partial charge in [0.15, 0.2) is 5.78 Å². The molecular weight excluding hydrogens is 206 g/mol. The number of rotatable bonds is 2. The molecule has 4 nitrogen and oxygen atoms in total. The molecule has 1 saturated heterocycles. The minimum absolute atomic E-state index is 0.0523. The Hall–Kier alpha value is -1.55. The van der Waals surface area contributed by atoms with Crippen molar-refractivity contribution < 1.29 is 14.6 Å². The van der Waals surface area contributed by atoms with E-state index in [0.29, 0.717) is 18.8 Å². The van der Waals surface area contributed by atoms with Crippen LogP contribution in [0.5, 0.6) is 5.75 Å². The molecular formula is C12H15NO3. The summed E-state index contributed by atoms with van der Waals surface area (Å²) < 4.78 is 5.26. The Morgan fingerprint density at radius 2 is 2.06 bits per heavy atom. The fraction of sp³-hybridized carbons (Fsp3) is 0.417. The highest BCUT2D eigenvalue weighted by Crippen LogP contribution is 2.29. The lowest BCUT2D eigenvalue weighted by Gasteiger charge is -2.30. The van der Waals surface area contributed by atoms with E-state index in [9.17, 15) is 9.90 Å². The van der Waals surface area contributed by atoms with Crippen molar-refractivity contribution in [2.45, 2.75) is 6.92 Å². The summed E-state index contributed by atoms with van der Waals surface area (Å²) in [6.45, 7) is 4.30. The van der Waals surface area contributed by atoms with Gasteiger partial charge in [-0.25, -0.2) is 0 Å². The van der Waals surface area contributed by atoms with Gasteiger partial charge in [0.1, 0.15) is 5.75 Å². The number of hydrogen-bond acceptors (Lipinski definition) is 4. The quantitative estimate of drug-likeness (QED) is 0.767. The molecule has 1 N–H and O–H groups in total. The number of anilines is 1. The number of phenols is 1. The first kappa shape index (κ1) is 11.0. The van der Waals surface area contributed by atoms with E-state index in [1.807, 2.05) is 6.07 Å². The van der Waals surface area contributed by atoms with Crippen molar-refractivity contribution in [2.75, 3.05) is 31.2 Å². The van der Waals surface area contributed by atoms with Crippen molar-refractivity contribution in [3.63, 3.8) is 0 Å². The number of Topliss-reactive ketones (excluding diaryl/α,β-unsaturated/α-hetero) is 1.